The first-order valence-electron chi connectivity index (χ1n) is 8.94. The first kappa shape index (κ1) is 17.5. The highest BCUT2D eigenvalue weighted by Gasteiger charge is 2.44. The van der Waals surface area contributed by atoms with Gasteiger partial charge in [-0.05, 0) is 24.3 Å². The van der Waals surface area contributed by atoms with E-state index in [9.17, 15) is 19.1 Å². The highest BCUT2D eigenvalue weighted by atomic mass is 19.1. The van der Waals surface area contributed by atoms with E-state index in [4.69, 9.17) is 0 Å². The molecule has 2 heterocycles. The molecule has 1 N–H and O–H groups in total. The Morgan fingerprint density at radius 2 is 1.52 bits per heavy atom. The molecule has 7 heteroatoms. The fourth-order valence-corrected chi connectivity index (χ4v) is 3.79. The second kappa shape index (κ2) is 7.00. The summed E-state index contributed by atoms with van der Waals surface area (Å²) in [5, 5.41) is 10.0. The van der Waals surface area contributed by atoms with Crippen LogP contribution >= 0.6 is 0 Å². The molecule has 0 spiro atoms. The molecule has 2 aromatic carbocycles. The summed E-state index contributed by atoms with van der Waals surface area (Å²) >= 11 is 0. The van der Waals surface area contributed by atoms with Crippen LogP contribution in [-0.4, -0.2) is 54.0 Å². The molecule has 2 amide bonds. The summed E-state index contributed by atoms with van der Waals surface area (Å²) in [7, 11) is 0. The number of imide groups is 1. The SMILES string of the molecule is O=C1CC(N2CCN(c3ccccc3O)CC2)C(=O)N1c1ccccc1F. The maximum Gasteiger partial charge on any atom is 0.251 e. The topological polar surface area (TPSA) is 64.1 Å². The van der Waals surface area contributed by atoms with Crippen molar-refractivity contribution in [2.24, 2.45) is 0 Å². The third-order valence-electron chi connectivity index (χ3n) is 5.19. The highest BCUT2D eigenvalue weighted by Crippen LogP contribution is 2.30. The summed E-state index contributed by atoms with van der Waals surface area (Å²) in [5.41, 5.74) is 0.779. The fraction of sp³-hybridized carbons (Fsp3) is 0.300. The minimum absolute atomic E-state index is 0.0165. The number of nitrogens with zero attached hydrogens (tertiary/aromatic N) is 3. The molecule has 1 atom stereocenters. The Morgan fingerprint density at radius 3 is 2.19 bits per heavy atom. The van der Waals surface area contributed by atoms with Crippen LogP contribution in [0.3, 0.4) is 0 Å². The lowest BCUT2D eigenvalue weighted by molar-refractivity contribution is -0.123. The number of benzene rings is 2. The maximum absolute atomic E-state index is 14.0. The zero-order valence-corrected chi connectivity index (χ0v) is 14.7. The Kier molecular flexibility index (Phi) is 4.53. The monoisotopic (exact) mass is 369 g/mol. The van der Waals surface area contributed by atoms with Crippen LogP contribution in [0, 0.1) is 5.82 Å². The first-order valence-corrected chi connectivity index (χ1v) is 8.94. The van der Waals surface area contributed by atoms with Crippen LogP contribution < -0.4 is 9.80 Å². The number of amides is 2. The minimum atomic E-state index is -0.579. The van der Waals surface area contributed by atoms with Crippen molar-refractivity contribution in [3.05, 3.63) is 54.3 Å². The Balaban J connectivity index is 1.46. The molecule has 1 unspecified atom stereocenters. The number of piperazine rings is 1. The number of halogens is 1. The lowest BCUT2D eigenvalue weighted by Crippen LogP contribution is -2.52. The summed E-state index contributed by atoms with van der Waals surface area (Å²) in [6.45, 7) is 2.44. The molecule has 0 aliphatic carbocycles. The fourth-order valence-electron chi connectivity index (χ4n) is 3.79. The molecule has 27 heavy (non-hydrogen) atoms. The van der Waals surface area contributed by atoms with Crippen molar-refractivity contribution in [2.75, 3.05) is 36.0 Å². The van der Waals surface area contributed by atoms with E-state index >= 15 is 0 Å². The van der Waals surface area contributed by atoms with Crippen LogP contribution in [-0.2, 0) is 9.59 Å². The second-order valence-corrected chi connectivity index (χ2v) is 6.75. The van der Waals surface area contributed by atoms with Gasteiger partial charge in [0.1, 0.15) is 11.6 Å². The zero-order chi connectivity index (χ0) is 19.0. The van der Waals surface area contributed by atoms with Gasteiger partial charge in [-0.2, -0.15) is 0 Å². The third kappa shape index (κ3) is 3.14. The van der Waals surface area contributed by atoms with E-state index in [1.54, 1.807) is 18.2 Å². The lowest BCUT2D eigenvalue weighted by atomic mass is 10.1. The molecule has 6 nitrogen and oxygen atoms in total. The standard InChI is InChI=1S/C20H20FN3O3/c21-14-5-1-2-6-15(14)24-19(26)13-17(20(24)27)23-11-9-22(10-12-23)16-7-3-4-8-18(16)25/h1-8,17,25H,9-13H2. The number of phenolic OH excluding ortho intramolecular Hbond substituents is 1. The minimum Gasteiger partial charge on any atom is -0.506 e. The van der Waals surface area contributed by atoms with Crippen LogP contribution in [0.25, 0.3) is 0 Å². The molecular weight excluding hydrogens is 349 g/mol. The predicted molar refractivity (Wildman–Crippen MR) is 99.2 cm³/mol. The van der Waals surface area contributed by atoms with Crippen molar-refractivity contribution in [2.45, 2.75) is 12.5 Å². The average molecular weight is 369 g/mol. The largest absolute Gasteiger partial charge is 0.506 e. The quantitative estimate of drug-likeness (QED) is 0.839. The van der Waals surface area contributed by atoms with Crippen molar-refractivity contribution in [1.29, 1.82) is 0 Å². The molecule has 140 valence electrons. The van der Waals surface area contributed by atoms with Crippen molar-refractivity contribution in [3.63, 3.8) is 0 Å². The van der Waals surface area contributed by atoms with Crippen LogP contribution in [0.4, 0.5) is 15.8 Å². The molecule has 0 radical (unpaired) electrons. The maximum atomic E-state index is 14.0. The second-order valence-electron chi connectivity index (χ2n) is 6.75. The van der Waals surface area contributed by atoms with Crippen molar-refractivity contribution in [1.82, 2.24) is 4.90 Å². The van der Waals surface area contributed by atoms with Crippen LogP contribution in [0.1, 0.15) is 6.42 Å². The van der Waals surface area contributed by atoms with Crippen LogP contribution in [0.2, 0.25) is 0 Å². The van der Waals surface area contributed by atoms with Gasteiger partial charge in [0.25, 0.3) is 5.91 Å². The Hall–Kier alpha value is -2.93. The molecule has 2 aliphatic heterocycles. The van der Waals surface area contributed by atoms with Crippen molar-refractivity contribution < 1.29 is 19.1 Å². The average Bonchev–Trinajstić information content (AvgIpc) is 2.97. The van der Waals surface area contributed by atoms with E-state index in [2.05, 4.69) is 4.90 Å². The number of hydrogen-bond donors (Lipinski definition) is 1. The van der Waals surface area contributed by atoms with E-state index in [0.717, 1.165) is 10.6 Å². The number of carbonyl (C=O) groups is 2. The van der Waals surface area contributed by atoms with Crippen molar-refractivity contribution in [3.8, 4) is 5.75 Å². The number of aromatic hydroxyl groups is 1. The molecule has 2 fully saturated rings. The number of carbonyl (C=O) groups excluding carboxylic acids is 2. The van der Waals surface area contributed by atoms with Crippen molar-refractivity contribution >= 4 is 23.2 Å². The van der Waals surface area contributed by atoms with E-state index in [-0.39, 0.29) is 29.7 Å². The summed E-state index contributed by atoms with van der Waals surface area (Å²) in [6, 6.07) is 12.4. The molecule has 0 saturated carbocycles. The summed E-state index contributed by atoms with van der Waals surface area (Å²) < 4.78 is 14.0. The van der Waals surface area contributed by atoms with E-state index in [1.165, 1.54) is 18.2 Å². The van der Waals surface area contributed by atoms with Gasteiger partial charge in [-0.1, -0.05) is 24.3 Å². The molecule has 2 aromatic rings. The van der Waals surface area contributed by atoms with Gasteiger partial charge < -0.3 is 10.0 Å². The number of rotatable bonds is 3. The number of phenols is 1. The first-order chi connectivity index (χ1) is 13.1. The third-order valence-corrected chi connectivity index (χ3v) is 5.19. The zero-order valence-electron chi connectivity index (χ0n) is 14.7. The number of anilines is 2. The van der Waals surface area contributed by atoms with Gasteiger partial charge in [-0.3, -0.25) is 14.5 Å². The molecule has 0 aromatic heterocycles. The normalized spacial score (nSPS) is 21.1. The van der Waals surface area contributed by atoms with Gasteiger partial charge in [0.15, 0.2) is 0 Å². The summed E-state index contributed by atoms with van der Waals surface area (Å²) in [5.74, 6) is -1.10. The van der Waals surface area contributed by atoms with Gasteiger partial charge >= 0.3 is 0 Å². The number of para-hydroxylation sites is 3. The van der Waals surface area contributed by atoms with Crippen LogP contribution in [0.5, 0.6) is 5.75 Å². The van der Waals surface area contributed by atoms with Gasteiger partial charge in [-0.25, -0.2) is 9.29 Å². The molecule has 2 aliphatic rings. The summed E-state index contributed by atoms with van der Waals surface area (Å²) in [4.78, 5) is 30.2. The predicted octanol–water partition coefficient (Wildman–Crippen LogP) is 1.99. The highest BCUT2D eigenvalue weighted by molar-refractivity contribution is 6.22. The molecule has 4 rings (SSSR count). The Labute approximate surface area is 156 Å². The van der Waals surface area contributed by atoms with Gasteiger partial charge in [-0.15, -0.1) is 0 Å². The Bertz CT molecular complexity index is 880. The van der Waals surface area contributed by atoms with Crippen LogP contribution in [0.15, 0.2) is 48.5 Å². The van der Waals surface area contributed by atoms with Gasteiger partial charge in [0, 0.05) is 26.2 Å². The van der Waals surface area contributed by atoms with Gasteiger partial charge in [0.05, 0.1) is 23.8 Å². The van der Waals surface area contributed by atoms with Gasteiger partial charge in [0.2, 0.25) is 5.91 Å². The smallest absolute Gasteiger partial charge is 0.251 e. The lowest BCUT2D eigenvalue weighted by Gasteiger charge is -2.38. The summed E-state index contributed by atoms with van der Waals surface area (Å²) in [6.07, 6.45) is 0.0593. The van der Waals surface area contributed by atoms with E-state index < -0.39 is 11.9 Å². The Morgan fingerprint density at radius 1 is 0.889 bits per heavy atom. The van der Waals surface area contributed by atoms with E-state index in [0.29, 0.717) is 26.2 Å². The number of hydrogen-bond acceptors (Lipinski definition) is 5. The van der Waals surface area contributed by atoms with E-state index in [1.807, 2.05) is 17.0 Å². The molecule has 2 saturated heterocycles. The molecule has 0 bridgehead atoms. The molecular formula is C20H20FN3O3.